The highest BCUT2D eigenvalue weighted by Gasteiger charge is 2.56. The normalized spacial score (nSPS) is 31.2. The minimum absolute atomic E-state index is 0.0708. The minimum Gasteiger partial charge on any atom is -0.368 e. The summed E-state index contributed by atoms with van der Waals surface area (Å²) in [4.78, 5) is 23.4. The van der Waals surface area contributed by atoms with Gasteiger partial charge in [0.1, 0.15) is 18.3 Å². The van der Waals surface area contributed by atoms with Crippen LogP contribution in [0.25, 0.3) is 0 Å². The van der Waals surface area contributed by atoms with E-state index < -0.39 is 56.0 Å². The second kappa shape index (κ2) is 8.81. The van der Waals surface area contributed by atoms with Crippen LogP contribution in [0.5, 0.6) is 0 Å². The molecule has 1 aromatic carbocycles. The summed E-state index contributed by atoms with van der Waals surface area (Å²) in [7, 11) is -3.88. The Bertz CT molecular complexity index is 911. The van der Waals surface area contributed by atoms with Gasteiger partial charge < -0.3 is 31.0 Å². The third-order valence-corrected chi connectivity index (χ3v) is 6.65. The Labute approximate surface area is 184 Å². The lowest BCUT2D eigenvalue weighted by Crippen LogP contribution is -2.54. The van der Waals surface area contributed by atoms with Gasteiger partial charge in [-0.15, -0.1) is 0 Å². The highest BCUT2D eigenvalue weighted by atomic mass is 31.2. The number of hydrogen-bond donors (Lipinski definition) is 3. The van der Waals surface area contributed by atoms with Gasteiger partial charge in [0.2, 0.25) is 11.8 Å². The lowest BCUT2D eigenvalue weighted by molar-refractivity contribution is -0.194. The average Bonchev–Trinajstić information content (AvgIpc) is 3.15. The summed E-state index contributed by atoms with van der Waals surface area (Å²) in [5.74, 6) is -2.77. The maximum Gasteiger partial charge on any atom is 0.475 e. The van der Waals surface area contributed by atoms with Crippen LogP contribution in [0.2, 0.25) is 0 Å². The van der Waals surface area contributed by atoms with E-state index in [4.69, 9.17) is 39.2 Å². The topological polar surface area (TPSA) is 171 Å². The quantitative estimate of drug-likeness (QED) is 0.380. The molecule has 2 saturated heterocycles. The lowest BCUT2D eigenvalue weighted by Gasteiger charge is -2.25. The molecule has 4 rings (SSSR count). The van der Waals surface area contributed by atoms with Crippen molar-refractivity contribution in [3.63, 3.8) is 0 Å². The van der Waals surface area contributed by atoms with E-state index in [1.807, 2.05) is 24.3 Å². The van der Waals surface area contributed by atoms with Gasteiger partial charge in [0.15, 0.2) is 18.1 Å². The Morgan fingerprint density at radius 1 is 1.19 bits per heavy atom. The van der Waals surface area contributed by atoms with Gasteiger partial charge in [0, 0.05) is 0 Å². The predicted molar refractivity (Wildman–Crippen MR) is 107 cm³/mol. The number of carbonyl (C=O) groups is 2. The Balaban J connectivity index is 1.41. The zero-order valence-corrected chi connectivity index (χ0v) is 18.5. The second-order valence-corrected chi connectivity index (χ2v) is 9.78. The predicted octanol–water partition coefficient (Wildman–Crippen LogP) is 0.0319. The number of primary amides is 1. The van der Waals surface area contributed by atoms with Crippen LogP contribution in [0.1, 0.15) is 25.0 Å². The number of amides is 2. The molecule has 0 bridgehead atoms. The van der Waals surface area contributed by atoms with Crippen LogP contribution in [-0.4, -0.2) is 54.8 Å². The number of phosphoric acid groups is 1. The molecule has 13 heteroatoms. The zero-order valence-electron chi connectivity index (χ0n) is 17.6. The van der Waals surface area contributed by atoms with Gasteiger partial charge in [0.05, 0.1) is 19.8 Å². The SMILES string of the molecule is CC1(C)O[C@@H]2[C@H](O1)[C@@H](COP1(=O)OCc3ccccc3CO1)O[C@H]2NC(=O)C(N)C(N)=O. The summed E-state index contributed by atoms with van der Waals surface area (Å²) in [5.41, 5.74) is 12.3. The van der Waals surface area contributed by atoms with Crippen molar-refractivity contribution in [3.05, 3.63) is 35.4 Å². The standard InChI is InChI=1S/C19H26N3O9P/c1-19(2)30-14-12(29-18(15(14)31-19)22-17(24)13(20)16(21)23)9-28-32(25)26-7-10-5-3-4-6-11(10)8-27-32/h3-6,12-15,18H,7-9,20H2,1-2H3,(H2,21,23)(H,22,24)/t12-,13?,14-,15-,18-/m1/s1. The van der Waals surface area contributed by atoms with Gasteiger partial charge in [-0.1, -0.05) is 24.3 Å². The van der Waals surface area contributed by atoms with Crippen LogP contribution < -0.4 is 16.8 Å². The molecule has 5 N–H and O–H groups in total. The molecule has 5 atom stereocenters. The zero-order chi connectivity index (χ0) is 23.1. The Kier molecular flexibility index (Phi) is 6.40. The van der Waals surface area contributed by atoms with Gasteiger partial charge in [-0.3, -0.25) is 23.2 Å². The number of nitrogens with one attached hydrogen (secondary N) is 1. The van der Waals surface area contributed by atoms with E-state index in [1.54, 1.807) is 13.8 Å². The number of phosphoric ester groups is 1. The van der Waals surface area contributed by atoms with E-state index in [0.29, 0.717) is 0 Å². The number of rotatable bonds is 6. The summed E-state index contributed by atoms with van der Waals surface area (Å²) in [5, 5.41) is 2.49. The van der Waals surface area contributed by atoms with Gasteiger partial charge in [0.25, 0.3) is 0 Å². The van der Waals surface area contributed by atoms with E-state index in [0.717, 1.165) is 11.1 Å². The van der Waals surface area contributed by atoms with Crippen LogP contribution in [0.3, 0.4) is 0 Å². The van der Waals surface area contributed by atoms with Crippen molar-refractivity contribution in [2.45, 2.75) is 63.4 Å². The molecule has 12 nitrogen and oxygen atoms in total. The molecule has 3 aliphatic rings. The van der Waals surface area contributed by atoms with E-state index in [9.17, 15) is 14.2 Å². The number of ether oxygens (including phenoxy) is 3. The van der Waals surface area contributed by atoms with Gasteiger partial charge in [-0.25, -0.2) is 4.57 Å². The van der Waals surface area contributed by atoms with Crippen molar-refractivity contribution >= 4 is 19.6 Å². The van der Waals surface area contributed by atoms with Crippen molar-refractivity contribution in [1.29, 1.82) is 0 Å². The second-order valence-electron chi connectivity index (χ2n) is 8.11. The smallest absolute Gasteiger partial charge is 0.368 e. The fraction of sp³-hybridized carbons (Fsp3) is 0.579. The van der Waals surface area contributed by atoms with E-state index in [2.05, 4.69) is 5.32 Å². The Morgan fingerprint density at radius 3 is 2.38 bits per heavy atom. The highest BCUT2D eigenvalue weighted by molar-refractivity contribution is 7.48. The molecule has 0 radical (unpaired) electrons. The number of nitrogens with two attached hydrogens (primary N) is 2. The first-order valence-electron chi connectivity index (χ1n) is 10.0. The number of fused-ring (bicyclic) bond motifs is 2. The summed E-state index contributed by atoms with van der Waals surface area (Å²) < 4.78 is 46.9. The summed E-state index contributed by atoms with van der Waals surface area (Å²) in [6.07, 6.45) is -3.14. The van der Waals surface area contributed by atoms with Gasteiger partial charge in [-0.05, 0) is 25.0 Å². The summed E-state index contributed by atoms with van der Waals surface area (Å²) in [6, 6.07) is 5.87. The van der Waals surface area contributed by atoms with Crippen LogP contribution in [0.15, 0.2) is 24.3 Å². The lowest BCUT2D eigenvalue weighted by atomic mass is 10.1. The van der Waals surface area contributed by atoms with Gasteiger partial charge >= 0.3 is 7.82 Å². The third-order valence-electron chi connectivity index (χ3n) is 5.29. The molecular formula is C19H26N3O9P. The fourth-order valence-corrected chi connectivity index (χ4v) is 4.85. The number of benzene rings is 1. The number of hydrogen-bond acceptors (Lipinski definition) is 10. The van der Waals surface area contributed by atoms with E-state index >= 15 is 0 Å². The minimum atomic E-state index is -3.88. The molecule has 2 amide bonds. The molecule has 32 heavy (non-hydrogen) atoms. The van der Waals surface area contributed by atoms with Gasteiger partial charge in [-0.2, -0.15) is 0 Å². The highest BCUT2D eigenvalue weighted by Crippen LogP contribution is 2.53. The molecule has 2 fully saturated rings. The molecule has 176 valence electrons. The monoisotopic (exact) mass is 471 g/mol. The molecule has 1 aromatic rings. The first-order chi connectivity index (χ1) is 15.1. The van der Waals surface area contributed by atoms with Crippen LogP contribution in [-0.2, 0) is 55.1 Å². The maximum atomic E-state index is 13.0. The first-order valence-corrected chi connectivity index (χ1v) is 11.5. The molecule has 0 spiro atoms. The molecular weight excluding hydrogens is 445 g/mol. The van der Waals surface area contributed by atoms with Crippen molar-refractivity contribution in [2.75, 3.05) is 6.61 Å². The fourth-order valence-electron chi connectivity index (χ4n) is 3.70. The molecule has 1 unspecified atom stereocenters. The van der Waals surface area contributed by atoms with Crippen LogP contribution in [0.4, 0.5) is 0 Å². The van der Waals surface area contributed by atoms with E-state index in [1.165, 1.54) is 0 Å². The molecule has 3 heterocycles. The van der Waals surface area contributed by atoms with Crippen molar-refractivity contribution in [1.82, 2.24) is 5.32 Å². The van der Waals surface area contributed by atoms with Crippen molar-refractivity contribution < 1.29 is 41.9 Å². The maximum absolute atomic E-state index is 13.0. The largest absolute Gasteiger partial charge is 0.475 e. The summed E-state index contributed by atoms with van der Waals surface area (Å²) >= 11 is 0. The van der Waals surface area contributed by atoms with Crippen LogP contribution >= 0.6 is 7.82 Å². The van der Waals surface area contributed by atoms with Crippen LogP contribution in [0, 0.1) is 0 Å². The third kappa shape index (κ3) is 4.87. The molecule has 0 aromatic heterocycles. The molecule has 0 aliphatic carbocycles. The first kappa shape index (κ1) is 23.3. The molecule has 3 aliphatic heterocycles. The van der Waals surface area contributed by atoms with E-state index in [-0.39, 0.29) is 19.8 Å². The average molecular weight is 471 g/mol. The van der Waals surface area contributed by atoms with Crippen molar-refractivity contribution in [2.24, 2.45) is 11.5 Å². The Hall–Kier alpha value is -1.89. The Morgan fingerprint density at radius 2 is 1.78 bits per heavy atom. The molecule has 0 saturated carbocycles. The summed E-state index contributed by atoms with van der Waals surface area (Å²) in [6.45, 7) is 3.33. The van der Waals surface area contributed by atoms with Crippen molar-refractivity contribution in [3.8, 4) is 0 Å². The number of carbonyl (C=O) groups excluding carboxylic acids is 2.